The van der Waals surface area contributed by atoms with E-state index in [0.29, 0.717) is 23.9 Å². The Kier molecular flexibility index (Phi) is 11.3. The highest BCUT2D eigenvalue weighted by Crippen LogP contribution is 2.61. The number of amides is 3. The molecule has 14 heteroatoms. The molecule has 3 aliphatic heterocycles. The molecule has 3 amide bonds. The van der Waals surface area contributed by atoms with Crippen LogP contribution in [0.1, 0.15) is 51.2 Å². The molecule has 3 fully saturated rings. The van der Waals surface area contributed by atoms with Crippen molar-refractivity contribution >= 4 is 50.7 Å². The van der Waals surface area contributed by atoms with E-state index < -0.39 is 65.6 Å². The van der Waals surface area contributed by atoms with Gasteiger partial charge in [0.05, 0.1) is 42.1 Å². The lowest BCUT2D eigenvalue weighted by Crippen LogP contribution is -2.59. The lowest BCUT2D eigenvalue weighted by Gasteiger charge is -2.39. The molecule has 3 aromatic rings. The summed E-state index contributed by atoms with van der Waals surface area (Å²) in [6.45, 7) is 10.9. The van der Waals surface area contributed by atoms with E-state index in [9.17, 15) is 24.3 Å². The number of nitrogens with one attached hydrogen (secondary N) is 1. The molecule has 52 heavy (non-hydrogen) atoms. The van der Waals surface area contributed by atoms with Crippen molar-refractivity contribution < 1.29 is 33.8 Å². The molecule has 3 saturated heterocycles. The number of para-hydroxylation sites is 1. The SMILES string of the molecule is C=CCCC(=O)N[C@@H](C)[C@H](OC(=O)[C@H]1[C@@H]2O[C@@]3(CC2Br)[C@@H]1C(=O)N([C@@H](CC)CO)[C@@H]3C(=O)N(CC=C)Cn1nnc2ccccc21)c1ccccc1. The number of hydrogen-bond donors (Lipinski definition) is 2. The number of benzene rings is 2. The highest BCUT2D eigenvalue weighted by atomic mass is 79.9. The summed E-state index contributed by atoms with van der Waals surface area (Å²) in [5.74, 6) is -3.88. The maximum absolute atomic E-state index is 14.9. The number of aliphatic hydroxyl groups is 1. The second kappa shape index (κ2) is 15.7. The Hall–Kier alpha value is -4.40. The summed E-state index contributed by atoms with van der Waals surface area (Å²) in [4.78, 5) is 59.4. The number of likely N-dealkylation sites (tertiary alicyclic amines) is 1. The first-order valence-corrected chi connectivity index (χ1v) is 18.6. The first-order chi connectivity index (χ1) is 25.1. The quantitative estimate of drug-likeness (QED) is 0.126. The normalized spacial score (nSPS) is 26.4. The van der Waals surface area contributed by atoms with Crippen molar-refractivity contribution in [3.05, 3.63) is 85.5 Å². The summed E-state index contributed by atoms with van der Waals surface area (Å²) in [7, 11) is 0. The molecule has 2 N–H and O–H groups in total. The fraction of sp³-hybridized carbons (Fsp3) is 0.474. The van der Waals surface area contributed by atoms with Crippen molar-refractivity contribution in [2.75, 3.05) is 13.2 Å². The van der Waals surface area contributed by atoms with Crippen LogP contribution in [0.25, 0.3) is 11.0 Å². The number of alkyl halides is 1. The van der Waals surface area contributed by atoms with Gasteiger partial charge in [0, 0.05) is 17.8 Å². The zero-order valence-electron chi connectivity index (χ0n) is 29.3. The van der Waals surface area contributed by atoms with Crippen LogP contribution >= 0.6 is 15.9 Å². The van der Waals surface area contributed by atoms with Gasteiger partial charge >= 0.3 is 5.97 Å². The Morgan fingerprint density at radius 2 is 1.90 bits per heavy atom. The number of rotatable bonds is 16. The van der Waals surface area contributed by atoms with Gasteiger partial charge in [-0.2, -0.15) is 0 Å². The van der Waals surface area contributed by atoms with E-state index in [0.717, 1.165) is 5.52 Å². The Morgan fingerprint density at radius 1 is 1.17 bits per heavy atom. The first-order valence-electron chi connectivity index (χ1n) is 17.7. The van der Waals surface area contributed by atoms with Gasteiger partial charge in [-0.05, 0) is 43.9 Å². The predicted octanol–water partition coefficient (Wildman–Crippen LogP) is 3.68. The summed E-state index contributed by atoms with van der Waals surface area (Å²) >= 11 is 3.72. The van der Waals surface area contributed by atoms with Crippen LogP contribution in [0.2, 0.25) is 0 Å². The number of halogens is 1. The van der Waals surface area contributed by atoms with Gasteiger partial charge in [-0.1, -0.05) is 82.7 Å². The molecule has 9 atom stereocenters. The predicted molar refractivity (Wildman–Crippen MR) is 195 cm³/mol. The number of aromatic nitrogens is 3. The maximum atomic E-state index is 14.9. The molecule has 2 aromatic carbocycles. The van der Waals surface area contributed by atoms with Crippen LogP contribution in [-0.4, -0.2) is 101 Å². The van der Waals surface area contributed by atoms with Crippen molar-refractivity contribution in [1.82, 2.24) is 30.1 Å². The van der Waals surface area contributed by atoms with Crippen molar-refractivity contribution in [2.45, 2.75) is 87.0 Å². The number of esters is 1. The van der Waals surface area contributed by atoms with Crippen LogP contribution < -0.4 is 5.32 Å². The third-order valence-electron chi connectivity index (χ3n) is 10.5. The number of carbonyl (C=O) groups is 4. The largest absolute Gasteiger partial charge is 0.455 e. The van der Waals surface area contributed by atoms with Crippen LogP contribution in [0.4, 0.5) is 0 Å². The summed E-state index contributed by atoms with van der Waals surface area (Å²) in [5.41, 5.74) is 0.662. The Bertz CT molecular complexity index is 1820. The third kappa shape index (κ3) is 6.67. The monoisotopic (exact) mass is 776 g/mol. The number of carbonyl (C=O) groups excluding carboxylic acids is 4. The number of aliphatic hydroxyl groups excluding tert-OH is 1. The van der Waals surface area contributed by atoms with E-state index in [1.165, 1.54) is 9.80 Å². The van der Waals surface area contributed by atoms with Gasteiger partial charge in [0.15, 0.2) is 0 Å². The lowest BCUT2D eigenvalue weighted by molar-refractivity contribution is -0.162. The molecular weight excluding hydrogens is 732 g/mol. The molecule has 1 aromatic heterocycles. The van der Waals surface area contributed by atoms with Crippen LogP contribution in [-0.2, 0) is 35.3 Å². The van der Waals surface area contributed by atoms with Gasteiger partial charge in [0.1, 0.15) is 29.9 Å². The molecule has 13 nitrogen and oxygen atoms in total. The fourth-order valence-electron chi connectivity index (χ4n) is 8.09. The molecule has 276 valence electrons. The summed E-state index contributed by atoms with van der Waals surface area (Å²) in [5, 5.41) is 22.0. The number of ether oxygens (including phenoxy) is 2. The Balaban J connectivity index is 1.35. The molecule has 6 rings (SSSR count). The minimum Gasteiger partial charge on any atom is -0.455 e. The lowest BCUT2D eigenvalue weighted by atomic mass is 9.70. The second-order valence-electron chi connectivity index (χ2n) is 13.7. The molecule has 4 heterocycles. The average Bonchev–Trinajstić information content (AvgIpc) is 3.87. The van der Waals surface area contributed by atoms with Crippen molar-refractivity contribution in [3.8, 4) is 0 Å². The number of hydrogen-bond acceptors (Lipinski definition) is 9. The minimum atomic E-state index is -1.39. The van der Waals surface area contributed by atoms with E-state index in [1.54, 1.807) is 23.8 Å². The van der Waals surface area contributed by atoms with Crippen LogP contribution in [0.3, 0.4) is 0 Å². The molecule has 1 spiro atoms. The number of allylic oxidation sites excluding steroid dienone is 1. The molecule has 0 radical (unpaired) electrons. The maximum Gasteiger partial charge on any atom is 0.313 e. The Labute approximate surface area is 311 Å². The molecule has 1 unspecified atom stereocenters. The van der Waals surface area contributed by atoms with Crippen LogP contribution in [0.15, 0.2) is 79.9 Å². The van der Waals surface area contributed by atoms with Gasteiger partial charge in [0.25, 0.3) is 0 Å². The van der Waals surface area contributed by atoms with Gasteiger partial charge in [-0.25, -0.2) is 4.68 Å². The van der Waals surface area contributed by atoms with E-state index in [-0.39, 0.29) is 43.4 Å². The van der Waals surface area contributed by atoms with Crippen LogP contribution in [0, 0.1) is 11.8 Å². The summed E-state index contributed by atoms with van der Waals surface area (Å²) < 4.78 is 14.6. The second-order valence-corrected chi connectivity index (χ2v) is 14.8. The highest BCUT2D eigenvalue weighted by molar-refractivity contribution is 9.09. The van der Waals surface area contributed by atoms with Crippen LogP contribution in [0.5, 0.6) is 0 Å². The molecule has 3 aliphatic rings. The van der Waals surface area contributed by atoms with Gasteiger partial charge < -0.3 is 29.7 Å². The fourth-order valence-corrected chi connectivity index (χ4v) is 9.04. The van der Waals surface area contributed by atoms with E-state index in [2.05, 4.69) is 44.7 Å². The van der Waals surface area contributed by atoms with Crippen molar-refractivity contribution in [2.24, 2.45) is 11.8 Å². The van der Waals surface area contributed by atoms with Gasteiger partial charge in [-0.15, -0.1) is 18.3 Å². The summed E-state index contributed by atoms with van der Waals surface area (Å²) in [6.07, 6.45) is 2.97. The molecule has 0 aliphatic carbocycles. The van der Waals surface area contributed by atoms with E-state index in [4.69, 9.17) is 9.47 Å². The molecule has 2 bridgehead atoms. The van der Waals surface area contributed by atoms with E-state index in [1.807, 2.05) is 61.5 Å². The zero-order chi connectivity index (χ0) is 37.2. The third-order valence-corrected chi connectivity index (χ3v) is 11.3. The van der Waals surface area contributed by atoms with Gasteiger partial charge in [0.2, 0.25) is 17.7 Å². The average molecular weight is 778 g/mol. The first kappa shape index (κ1) is 37.4. The van der Waals surface area contributed by atoms with Crippen molar-refractivity contribution in [3.63, 3.8) is 0 Å². The highest BCUT2D eigenvalue weighted by Gasteiger charge is 2.77. The van der Waals surface area contributed by atoms with Crippen molar-refractivity contribution in [1.29, 1.82) is 0 Å². The molecular formula is C38H45BrN6O7. The topological polar surface area (TPSA) is 156 Å². The summed E-state index contributed by atoms with van der Waals surface area (Å²) in [6, 6.07) is 14.0. The standard InChI is InChI=1S/C38H45BrN6O7/c1-5-8-18-29(47)40-23(4)32(24-14-10-9-11-15-24)51-37(50)30-31-35(48)45(25(7-3)21-46)34(38(31)20-26(39)33(30)52-38)36(49)43(19-6-2)22-44-28-17-13-12-16-27(28)41-42-44/h5-6,9-17,23,25-26,30-34,46H,1-2,7-8,18-22H2,3-4H3,(H,40,47)/t23-,25-,26?,30+,31-,32-,33+,34+,38-/m0/s1. The number of fused-ring (bicyclic) bond motifs is 2. The Morgan fingerprint density at radius 3 is 2.60 bits per heavy atom. The smallest absolute Gasteiger partial charge is 0.313 e. The molecule has 0 saturated carbocycles. The van der Waals surface area contributed by atoms with E-state index >= 15 is 0 Å². The number of nitrogens with zero attached hydrogens (tertiary/aromatic N) is 5. The zero-order valence-corrected chi connectivity index (χ0v) is 30.9. The van der Waals surface area contributed by atoms with Gasteiger partial charge in [-0.3, -0.25) is 19.2 Å². The minimum absolute atomic E-state index is 0.0162.